The highest BCUT2D eigenvalue weighted by molar-refractivity contribution is 5.98. The number of aliphatic imine (C=N–C) groups is 1. The van der Waals surface area contributed by atoms with Crippen molar-refractivity contribution in [2.75, 3.05) is 0 Å². The lowest BCUT2D eigenvalue weighted by atomic mass is 10.1. The summed E-state index contributed by atoms with van der Waals surface area (Å²) in [7, 11) is 0. The van der Waals surface area contributed by atoms with Crippen LogP contribution in [0.2, 0.25) is 0 Å². The number of hydrogen-bond acceptors (Lipinski definition) is 2. The molecule has 0 fully saturated rings. The molecule has 2 nitrogen and oxygen atoms in total. The van der Waals surface area contributed by atoms with Crippen LogP contribution in [0, 0.1) is 0 Å². The zero-order valence-electron chi connectivity index (χ0n) is 7.91. The second-order valence-electron chi connectivity index (χ2n) is 3.20. The summed E-state index contributed by atoms with van der Waals surface area (Å²) >= 11 is 0. The lowest BCUT2D eigenvalue weighted by Gasteiger charge is -2.29. The summed E-state index contributed by atoms with van der Waals surface area (Å²) in [5.41, 5.74) is 3.23. The summed E-state index contributed by atoms with van der Waals surface area (Å²) in [6, 6.07) is 0. The molecule has 0 atom stereocenters. The first-order chi connectivity index (χ1) is 6.20. The molecule has 66 valence electrons. The third-order valence-electron chi connectivity index (χ3n) is 2.39. The Labute approximate surface area is 78.3 Å². The van der Waals surface area contributed by atoms with Gasteiger partial charge in [0, 0.05) is 17.6 Å². The minimum absolute atomic E-state index is 0.954. The van der Waals surface area contributed by atoms with E-state index >= 15 is 0 Å². The van der Waals surface area contributed by atoms with Crippen LogP contribution in [0.15, 0.2) is 53.0 Å². The molecule has 0 radical (unpaired) electrons. The zero-order chi connectivity index (χ0) is 9.42. The first-order valence-corrected chi connectivity index (χ1v) is 4.29. The summed E-state index contributed by atoms with van der Waals surface area (Å²) in [6.45, 7) is 8.09. The van der Waals surface area contributed by atoms with E-state index in [1.54, 1.807) is 0 Å². The van der Waals surface area contributed by atoms with Crippen molar-refractivity contribution in [1.29, 1.82) is 0 Å². The van der Waals surface area contributed by atoms with E-state index in [0.29, 0.717) is 0 Å². The van der Waals surface area contributed by atoms with Gasteiger partial charge >= 0.3 is 0 Å². The molecule has 0 aromatic rings. The van der Waals surface area contributed by atoms with Gasteiger partial charge in [-0.2, -0.15) is 0 Å². The number of rotatable bonds is 0. The molecule has 0 aliphatic carbocycles. The molecule has 0 N–H and O–H groups in total. The Kier molecular flexibility index (Phi) is 1.69. The van der Waals surface area contributed by atoms with Crippen LogP contribution in [-0.2, 0) is 0 Å². The summed E-state index contributed by atoms with van der Waals surface area (Å²) in [5.74, 6) is 0.954. The molecule has 0 unspecified atom stereocenters. The Balaban J connectivity index is 2.51. The summed E-state index contributed by atoms with van der Waals surface area (Å²) < 4.78 is 0. The maximum Gasteiger partial charge on any atom is 0.137 e. The predicted molar refractivity (Wildman–Crippen MR) is 55.1 cm³/mol. The third-order valence-corrected chi connectivity index (χ3v) is 2.39. The number of amidine groups is 1. The normalized spacial score (nSPS) is 20.6. The van der Waals surface area contributed by atoms with E-state index in [9.17, 15) is 0 Å². The number of nitrogens with zero attached hydrogens (tertiary/aromatic N) is 2. The molecule has 0 saturated carbocycles. The molecule has 2 aliphatic rings. The Morgan fingerprint density at radius 2 is 2.08 bits per heavy atom. The van der Waals surface area contributed by atoms with Gasteiger partial charge in [-0.15, -0.1) is 0 Å². The minimum Gasteiger partial charge on any atom is -0.302 e. The molecule has 0 bridgehead atoms. The van der Waals surface area contributed by atoms with Crippen LogP contribution in [0.25, 0.3) is 0 Å². The van der Waals surface area contributed by atoms with Crippen LogP contribution in [-0.4, -0.2) is 10.7 Å². The summed E-state index contributed by atoms with van der Waals surface area (Å²) in [4.78, 5) is 6.46. The van der Waals surface area contributed by atoms with Crippen molar-refractivity contribution < 1.29 is 0 Å². The van der Waals surface area contributed by atoms with Gasteiger partial charge in [-0.25, -0.2) is 4.99 Å². The fourth-order valence-electron chi connectivity index (χ4n) is 1.40. The predicted octanol–water partition coefficient (Wildman–Crippen LogP) is 2.59. The van der Waals surface area contributed by atoms with Crippen LogP contribution in [0.1, 0.15) is 13.8 Å². The Morgan fingerprint density at radius 1 is 1.31 bits per heavy atom. The van der Waals surface area contributed by atoms with Crippen LogP contribution < -0.4 is 0 Å². The monoisotopic (exact) mass is 172 g/mol. The fourth-order valence-corrected chi connectivity index (χ4v) is 1.40. The van der Waals surface area contributed by atoms with E-state index in [-0.39, 0.29) is 0 Å². The molecule has 2 heteroatoms. The Bertz CT molecular complexity index is 381. The number of hydrogen-bond donors (Lipinski definition) is 0. The molecule has 13 heavy (non-hydrogen) atoms. The van der Waals surface area contributed by atoms with Crippen LogP contribution >= 0.6 is 0 Å². The molecule has 0 saturated heterocycles. The van der Waals surface area contributed by atoms with Gasteiger partial charge in [0.05, 0.1) is 0 Å². The second-order valence-corrected chi connectivity index (χ2v) is 3.20. The van der Waals surface area contributed by atoms with E-state index in [2.05, 4.69) is 11.6 Å². The van der Waals surface area contributed by atoms with Gasteiger partial charge in [0.1, 0.15) is 5.84 Å². The first-order valence-electron chi connectivity index (χ1n) is 4.29. The SMILES string of the molecule is C=C1C(C)=C(C)N=C2C=CC=CN12. The van der Waals surface area contributed by atoms with Crippen LogP contribution in [0.3, 0.4) is 0 Å². The topological polar surface area (TPSA) is 15.6 Å². The van der Waals surface area contributed by atoms with Crippen LogP contribution in [0.5, 0.6) is 0 Å². The highest BCUT2D eigenvalue weighted by Gasteiger charge is 2.18. The first kappa shape index (κ1) is 8.05. The van der Waals surface area contributed by atoms with Gasteiger partial charge in [0.25, 0.3) is 0 Å². The van der Waals surface area contributed by atoms with Gasteiger partial charge in [-0.05, 0) is 31.6 Å². The fraction of sp³-hybridized carbons (Fsp3) is 0.182. The molecule has 0 aromatic carbocycles. The van der Waals surface area contributed by atoms with Crippen molar-refractivity contribution >= 4 is 5.84 Å². The molecule has 0 aromatic heterocycles. The molecule has 2 heterocycles. The zero-order valence-corrected chi connectivity index (χ0v) is 7.91. The quantitative estimate of drug-likeness (QED) is 0.548. The minimum atomic E-state index is 0.954. The number of fused-ring (bicyclic) bond motifs is 1. The largest absolute Gasteiger partial charge is 0.302 e. The molecule has 2 aliphatic heterocycles. The van der Waals surface area contributed by atoms with E-state index < -0.39 is 0 Å². The van der Waals surface area contributed by atoms with Gasteiger partial charge in [-0.1, -0.05) is 12.7 Å². The van der Waals surface area contributed by atoms with Crippen molar-refractivity contribution in [3.8, 4) is 0 Å². The van der Waals surface area contributed by atoms with E-state index in [4.69, 9.17) is 0 Å². The van der Waals surface area contributed by atoms with E-state index in [1.165, 1.54) is 0 Å². The van der Waals surface area contributed by atoms with Gasteiger partial charge in [-0.3, -0.25) is 0 Å². The van der Waals surface area contributed by atoms with Crippen molar-refractivity contribution in [3.05, 3.63) is 48.0 Å². The summed E-state index contributed by atoms with van der Waals surface area (Å²) in [5, 5.41) is 0. The van der Waals surface area contributed by atoms with Crippen molar-refractivity contribution in [2.24, 2.45) is 4.99 Å². The molecular weight excluding hydrogens is 160 g/mol. The van der Waals surface area contributed by atoms with E-state index in [1.807, 2.05) is 43.2 Å². The van der Waals surface area contributed by atoms with Crippen molar-refractivity contribution in [3.63, 3.8) is 0 Å². The average molecular weight is 172 g/mol. The highest BCUT2D eigenvalue weighted by Crippen LogP contribution is 2.25. The Morgan fingerprint density at radius 3 is 2.85 bits per heavy atom. The maximum atomic E-state index is 4.46. The van der Waals surface area contributed by atoms with Crippen molar-refractivity contribution in [2.45, 2.75) is 13.8 Å². The second kappa shape index (κ2) is 2.73. The molecular formula is C11H12N2. The lowest BCUT2D eigenvalue weighted by Crippen LogP contribution is -2.28. The van der Waals surface area contributed by atoms with Gasteiger partial charge in [0.15, 0.2) is 0 Å². The lowest BCUT2D eigenvalue weighted by molar-refractivity contribution is 0.684. The maximum absolute atomic E-state index is 4.46. The van der Waals surface area contributed by atoms with Crippen LogP contribution in [0.4, 0.5) is 0 Å². The average Bonchev–Trinajstić information content (AvgIpc) is 2.15. The van der Waals surface area contributed by atoms with Gasteiger partial charge < -0.3 is 4.90 Å². The summed E-state index contributed by atoms with van der Waals surface area (Å²) in [6.07, 6.45) is 7.94. The number of allylic oxidation sites excluding steroid dienone is 4. The van der Waals surface area contributed by atoms with Crippen molar-refractivity contribution in [1.82, 2.24) is 4.90 Å². The smallest absolute Gasteiger partial charge is 0.137 e. The third kappa shape index (κ3) is 1.15. The Hall–Kier alpha value is -1.57. The molecule has 0 spiro atoms. The highest BCUT2D eigenvalue weighted by atomic mass is 15.2. The molecule has 2 rings (SSSR count). The van der Waals surface area contributed by atoms with Gasteiger partial charge in [0.2, 0.25) is 0 Å². The standard InChI is InChI=1S/C11H12N2/c1-8-9(2)12-11-6-4-5-7-13(11)10(8)3/h4-7H,3H2,1-2H3. The van der Waals surface area contributed by atoms with E-state index in [0.717, 1.165) is 22.8 Å². The molecule has 0 amide bonds.